The van der Waals surface area contributed by atoms with Crippen molar-refractivity contribution >= 4 is 0 Å². The number of hydrogen-bond donors (Lipinski definition) is 1. The summed E-state index contributed by atoms with van der Waals surface area (Å²) in [5.41, 5.74) is 0.783. The maximum Gasteiger partial charge on any atom is 0.0635 e. The number of hydrogen-bond acceptors (Lipinski definition) is 2. The maximum absolute atomic E-state index is 10.2. The molecule has 0 unspecified atom stereocenters. The van der Waals surface area contributed by atoms with Gasteiger partial charge in [-0.3, -0.25) is 4.90 Å². The highest BCUT2D eigenvalue weighted by atomic mass is 16.3. The first-order valence-electron chi connectivity index (χ1n) is 6.94. The van der Waals surface area contributed by atoms with Crippen LogP contribution < -0.4 is 0 Å². The van der Waals surface area contributed by atoms with Crippen LogP contribution in [-0.4, -0.2) is 28.2 Å². The summed E-state index contributed by atoms with van der Waals surface area (Å²) in [7, 11) is 0. The zero-order chi connectivity index (χ0) is 13.3. The molecule has 0 saturated carbocycles. The fourth-order valence-electron chi connectivity index (χ4n) is 3.38. The van der Waals surface area contributed by atoms with Gasteiger partial charge in [0.25, 0.3) is 0 Å². The molecule has 0 spiro atoms. The van der Waals surface area contributed by atoms with Gasteiger partial charge in [-0.1, -0.05) is 30.3 Å². The van der Waals surface area contributed by atoms with E-state index in [0.717, 1.165) is 13.0 Å². The molecule has 100 valence electrons. The van der Waals surface area contributed by atoms with Crippen molar-refractivity contribution in [3.63, 3.8) is 0 Å². The molecular weight excluding hydrogens is 222 g/mol. The Morgan fingerprint density at radius 1 is 1.28 bits per heavy atom. The van der Waals surface area contributed by atoms with Gasteiger partial charge in [0.2, 0.25) is 0 Å². The second-order valence-electron chi connectivity index (χ2n) is 6.11. The zero-order valence-corrected chi connectivity index (χ0v) is 11.9. The second kappa shape index (κ2) is 5.02. The predicted molar refractivity (Wildman–Crippen MR) is 75.4 cm³/mol. The van der Waals surface area contributed by atoms with Crippen molar-refractivity contribution in [2.75, 3.05) is 6.54 Å². The molecular formula is C16H25NO. The molecule has 1 aromatic rings. The average Bonchev–Trinajstić information content (AvgIpc) is 2.71. The topological polar surface area (TPSA) is 23.5 Å². The lowest BCUT2D eigenvalue weighted by Crippen LogP contribution is -2.40. The van der Waals surface area contributed by atoms with Crippen LogP contribution in [0.25, 0.3) is 0 Å². The standard InChI is InChI=1S/C16H25NO/c1-12(14-8-6-5-7-9-14)17-11-10-15(13(17)2)16(3,4)18/h5-9,12-13,15,18H,10-11H2,1-4H3/t12-,13-,15-/m0/s1. The van der Waals surface area contributed by atoms with Crippen LogP contribution in [0.2, 0.25) is 0 Å². The Bertz CT molecular complexity index is 382. The molecule has 0 aliphatic carbocycles. The fraction of sp³-hybridized carbons (Fsp3) is 0.625. The highest BCUT2D eigenvalue weighted by Crippen LogP contribution is 2.37. The van der Waals surface area contributed by atoms with Crippen LogP contribution in [0, 0.1) is 5.92 Å². The van der Waals surface area contributed by atoms with Crippen LogP contribution >= 0.6 is 0 Å². The molecule has 1 heterocycles. The van der Waals surface area contributed by atoms with E-state index < -0.39 is 5.60 Å². The third-order valence-corrected chi connectivity index (χ3v) is 4.49. The first kappa shape index (κ1) is 13.6. The quantitative estimate of drug-likeness (QED) is 0.886. The van der Waals surface area contributed by atoms with Gasteiger partial charge in [0.15, 0.2) is 0 Å². The van der Waals surface area contributed by atoms with E-state index in [-0.39, 0.29) is 0 Å². The van der Waals surface area contributed by atoms with Crippen LogP contribution in [0.1, 0.15) is 45.7 Å². The Morgan fingerprint density at radius 3 is 2.39 bits per heavy atom. The van der Waals surface area contributed by atoms with Gasteiger partial charge in [0.1, 0.15) is 0 Å². The van der Waals surface area contributed by atoms with Gasteiger partial charge in [-0.25, -0.2) is 0 Å². The summed E-state index contributed by atoms with van der Waals surface area (Å²) in [6.45, 7) is 9.45. The fourth-order valence-corrected chi connectivity index (χ4v) is 3.38. The molecule has 2 heteroatoms. The SMILES string of the molecule is C[C@@H](c1ccccc1)N1CC[C@H](C(C)(C)O)[C@@H]1C. The third-order valence-electron chi connectivity index (χ3n) is 4.49. The maximum atomic E-state index is 10.2. The molecule has 18 heavy (non-hydrogen) atoms. The molecule has 0 amide bonds. The van der Waals surface area contributed by atoms with Crippen LogP contribution in [0.15, 0.2) is 30.3 Å². The van der Waals surface area contributed by atoms with E-state index in [9.17, 15) is 5.11 Å². The van der Waals surface area contributed by atoms with Crippen molar-refractivity contribution in [1.29, 1.82) is 0 Å². The summed E-state index contributed by atoms with van der Waals surface area (Å²) in [6.07, 6.45) is 1.09. The predicted octanol–water partition coefficient (Wildman–Crippen LogP) is 3.23. The molecule has 1 fully saturated rings. The minimum absolute atomic E-state index is 0.365. The number of likely N-dealkylation sites (tertiary alicyclic amines) is 1. The lowest BCUT2D eigenvalue weighted by atomic mass is 9.85. The monoisotopic (exact) mass is 247 g/mol. The minimum Gasteiger partial charge on any atom is -0.390 e. The lowest BCUT2D eigenvalue weighted by molar-refractivity contribution is 0.000625. The largest absolute Gasteiger partial charge is 0.390 e. The smallest absolute Gasteiger partial charge is 0.0635 e. The lowest BCUT2D eigenvalue weighted by Gasteiger charge is -2.35. The molecule has 0 radical (unpaired) electrons. The first-order valence-corrected chi connectivity index (χ1v) is 6.94. The van der Waals surface area contributed by atoms with Crippen molar-refractivity contribution in [3.05, 3.63) is 35.9 Å². The average molecular weight is 247 g/mol. The minimum atomic E-state index is -0.579. The summed E-state index contributed by atoms with van der Waals surface area (Å²) in [5, 5.41) is 10.2. The highest BCUT2D eigenvalue weighted by Gasteiger charge is 2.41. The van der Waals surface area contributed by atoms with Gasteiger partial charge in [-0.05, 0) is 46.2 Å². The second-order valence-corrected chi connectivity index (χ2v) is 6.11. The van der Waals surface area contributed by atoms with Crippen molar-refractivity contribution in [2.24, 2.45) is 5.92 Å². The van der Waals surface area contributed by atoms with Crippen LogP contribution in [0.4, 0.5) is 0 Å². The Labute approximate surface area is 111 Å². The molecule has 2 nitrogen and oxygen atoms in total. The van der Waals surface area contributed by atoms with E-state index >= 15 is 0 Å². The van der Waals surface area contributed by atoms with Gasteiger partial charge < -0.3 is 5.11 Å². The Kier molecular flexibility index (Phi) is 3.79. The van der Waals surface area contributed by atoms with E-state index in [1.807, 2.05) is 13.8 Å². The Morgan fingerprint density at radius 2 is 1.89 bits per heavy atom. The van der Waals surface area contributed by atoms with Crippen molar-refractivity contribution < 1.29 is 5.11 Å². The first-order chi connectivity index (χ1) is 8.41. The summed E-state index contributed by atoms with van der Waals surface area (Å²) in [6, 6.07) is 11.5. The van der Waals surface area contributed by atoms with E-state index in [4.69, 9.17) is 0 Å². The molecule has 1 aliphatic heterocycles. The van der Waals surface area contributed by atoms with Crippen molar-refractivity contribution in [1.82, 2.24) is 4.90 Å². The zero-order valence-electron chi connectivity index (χ0n) is 11.9. The van der Waals surface area contributed by atoms with Crippen LogP contribution in [-0.2, 0) is 0 Å². The van der Waals surface area contributed by atoms with Crippen LogP contribution in [0.3, 0.4) is 0 Å². The molecule has 3 atom stereocenters. The molecule has 0 bridgehead atoms. The van der Waals surface area contributed by atoms with Crippen molar-refractivity contribution in [2.45, 2.75) is 51.8 Å². The summed E-state index contributed by atoms with van der Waals surface area (Å²) < 4.78 is 0. The van der Waals surface area contributed by atoms with Gasteiger partial charge in [-0.15, -0.1) is 0 Å². The van der Waals surface area contributed by atoms with Crippen molar-refractivity contribution in [3.8, 4) is 0 Å². The van der Waals surface area contributed by atoms with E-state index in [1.165, 1.54) is 5.56 Å². The van der Waals surface area contributed by atoms with Crippen LogP contribution in [0.5, 0.6) is 0 Å². The van der Waals surface area contributed by atoms with E-state index in [0.29, 0.717) is 18.0 Å². The Balaban J connectivity index is 2.12. The van der Waals surface area contributed by atoms with E-state index in [2.05, 4.69) is 49.1 Å². The summed E-state index contributed by atoms with van der Waals surface area (Å²) in [4.78, 5) is 2.51. The third kappa shape index (κ3) is 2.60. The van der Waals surface area contributed by atoms with Gasteiger partial charge in [0, 0.05) is 18.0 Å². The number of benzene rings is 1. The molecule has 1 saturated heterocycles. The number of aliphatic hydroxyl groups is 1. The van der Waals surface area contributed by atoms with Gasteiger partial charge in [-0.2, -0.15) is 0 Å². The molecule has 0 aromatic heterocycles. The highest BCUT2D eigenvalue weighted by molar-refractivity contribution is 5.19. The number of nitrogens with zero attached hydrogens (tertiary/aromatic N) is 1. The normalized spacial score (nSPS) is 27.4. The molecule has 1 aliphatic rings. The molecule has 1 N–H and O–H groups in total. The summed E-state index contributed by atoms with van der Waals surface area (Å²) in [5.74, 6) is 0.365. The number of rotatable bonds is 3. The summed E-state index contributed by atoms with van der Waals surface area (Å²) >= 11 is 0. The van der Waals surface area contributed by atoms with Gasteiger partial charge in [0.05, 0.1) is 5.60 Å². The van der Waals surface area contributed by atoms with Gasteiger partial charge >= 0.3 is 0 Å². The molecule has 1 aromatic carbocycles. The van der Waals surface area contributed by atoms with E-state index in [1.54, 1.807) is 0 Å². The molecule has 2 rings (SSSR count). The Hall–Kier alpha value is -0.860.